The summed E-state index contributed by atoms with van der Waals surface area (Å²) >= 11 is 1.20. The van der Waals surface area contributed by atoms with Crippen LogP contribution in [0.5, 0.6) is 0 Å². The zero-order valence-corrected chi connectivity index (χ0v) is 64.8. The molecular weight excluding hydrogens is 1300 g/mol. The van der Waals surface area contributed by atoms with Crippen molar-refractivity contribution in [3.63, 3.8) is 0 Å². The van der Waals surface area contributed by atoms with Crippen LogP contribution in [0.4, 0.5) is 0 Å². The van der Waals surface area contributed by atoms with Crippen molar-refractivity contribution in [3.05, 3.63) is 0 Å². The van der Waals surface area contributed by atoms with E-state index in [0.29, 0.717) is 90.4 Å². The van der Waals surface area contributed by atoms with Crippen molar-refractivity contribution in [3.8, 4) is 0 Å². The van der Waals surface area contributed by atoms with Gasteiger partial charge in [0.1, 0.15) is 42.3 Å². The zero-order valence-electron chi connectivity index (χ0n) is 64.0. The molecule has 24 heteroatoms. The molecule has 0 rings (SSSR count). The average molecular weight is 1450 g/mol. The van der Waals surface area contributed by atoms with E-state index >= 15 is 0 Å². The van der Waals surface area contributed by atoms with Gasteiger partial charge >= 0.3 is 0 Å². The molecule has 0 saturated heterocycles. The third-order valence-corrected chi connectivity index (χ3v) is 20.0. The fraction of sp³-hybridized carbons (Fsp3) is 0.883. The molecule has 9 amide bonds. The number of hydrogen-bond donors (Lipinski definition) is 14. The second kappa shape index (κ2) is 69.7. The molecule has 0 aromatic heterocycles. The average Bonchev–Trinajstić information content (AvgIpc) is 0.880. The summed E-state index contributed by atoms with van der Waals surface area (Å²) in [4.78, 5) is 125. The summed E-state index contributed by atoms with van der Waals surface area (Å²) in [5.74, 6) is -5.47. The first kappa shape index (κ1) is 96.4. The Kier molecular flexibility index (Phi) is 66.5. The molecule has 19 N–H and O–H groups in total. The van der Waals surface area contributed by atoms with E-state index in [1.54, 1.807) is 0 Å². The minimum absolute atomic E-state index is 0.0548. The second-order valence-corrected chi connectivity index (χ2v) is 29.3. The second-order valence-electron chi connectivity index (χ2n) is 28.3. The van der Waals surface area contributed by atoms with Crippen molar-refractivity contribution >= 4 is 64.9 Å². The summed E-state index contributed by atoms with van der Waals surface area (Å²) in [5, 5.41) is 33.2. The van der Waals surface area contributed by atoms with E-state index in [-0.39, 0.29) is 74.3 Å². The van der Waals surface area contributed by atoms with Gasteiger partial charge in [-0.1, -0.05) is 233 Å². The van der Waals surface area contributed by atoms with Crippen LogP contribution in [0.1, 0.15) is 342 Å². The number of rotatable bonds is 74. The third kappa shape index (κ3) is 55.5. The van der Waals surface area contributed by atoms with Gasteiger partial charge in [-0.2, -0.15) is 11.8 Å². The first-order valence-electron chi connectivity index (χ1n) is 40.7. The Hall–Kier alpha value is -4.62. The van der Waals surface area contributed by atoms with Crippen molar-refractivity contribution in [1.82, 2.24) is 42.5 Å². The van der Waals surface area contributed by atoms with Gasteiger partial charge in [-0.3, -0.25) is 43.2 Å². The van der Waals surface area contributed by atoms with E-state index < -0.39 is 84.3 Å². The number of nitrogens with one attached hydrogen (secondary N) is 8. The molecule has 23 nitrogen and oxygen atoms in total. The van der Waals surface area contributed by atoms with Crippen LogP contribution in [-0.2, 0) is 43.2 Å². The topological polar surface area (TPSA) is 400 Å². The van der Waals surface area contributed by atoms with Gasteiger partial charge in [0.15, 0.2) is 0 Å². The summed E-state index contributed by atoms with van der Waals surface area (Å²) in [6.45, 7) is 7.54. The highest BCUT2D eigenvalue weighted by Gasteiger charge is 2.34. The first-order chi connectivity index (χ1) is 49.1. The molecule has 0 fully saturated rings. The fourth-order valence-electron chi connectivity index (χ4n) is 12.4. The fourth-order valence-corrected chi connectivity index (χ4v) is 13.5. The van der Waals surface area contributed by atoms with E-state index in [1.807, 2.05) is 0 Å². The standard InChI is InChI=1S/C77H151N13O10S/c1-4-7-10-13-16-19-22-23-24-27-30-33-36-47-58-83-72(95)67(84-69(92)52-37-34-31-28-25-20-17-14-11-8-5-2)60-101-61-68(85-70(93)53-38-35-32-29-26-21-18-15-12-9-6-3)77(100)90-66(59-91)76(99)89-65(51-42-46-57-81)75(98)88-64(50-41-45-56-80)74(97)87-63(49-40-44-55-79)73(96)86-62(71(82)94)48-39-43-54-78/h62-68,91H,4-61,78-81H2,1-3H3,(H2,82,94)(H,83,95)(H,84,92)(H,85,93)(H,86,96)(H,87,97)(H,88,98)(H,89,99)(H,90,100)/t62-,63-,64-,65-,66-,67-,68+/m0/s1. The van der Waals surface area contributed by atoms with E-state index in [9.17, 15) is 48.3 Å². The van der Waals surface area contributed by atoms with Crippen LogP contribution in [0.15, 0.2) is 0 Å². The summed E-state index contributed by atoms with van der Waals surface area (Å²) in [6.07, 6.45) is 46.4. The number of aliphatic hydroxyl groups is 1. The van der Waals surface area contributed by atoms with Gasteiger partial charge in [0, 0.05) is 30.9 Å². The Balaban J connectivity index is 6.63. The highest BCUT2D eigenvalue weighted by molar-refractivity contribution is 7.99. The van der Waals surface area contributed by atoms with Crippen LogP contribution in [0.3, 0.4) is 0 Å². The van der Waals surface area contributed by atoms with Crippen molar-refractivity contribution < 1.29 is 48.3 Å². The number of aliphatic hydroxyl groups excluding tert-OH is 1. The van der Waals surface area contributed by atoms with Gasteiger partial charge in [0.25, 0.3) is 0 Å². The SMILES string of the molecule is CCCCCCCCCCCCCCCCNC(=O)[C@H](CSC[C@@H](NC(=O)CCCCCCCCCCCCC)C(=O)N[C@@H](CO)C(=O)N[C@@H](CCCCN)C(=O)N[C@@H](CCCCN)C(=O)N[C@@H](CCCCN)C(=O)N[C@@H](CCCCN)C(N)=O)NC(=O)CCCCCCCCCCCCC. The van der Waals surface area contributed by atoms with Crippen LogP contribution < -0.4 is 71.2 Å². The van der Waals surface area contributed by atoms with Crippen molar-refractivity contribution in [2.45, 2.75) is 384 Å². The number of primary amides is 1. The lowest BCUT2D eigenvalue weighted by Crippen LogP contribution is -2.60. The quantitative estimate of drug-likeness (QED) is 0.0252. The Morgan fingerprint density at radius 1 is 0.287 bits per heavy atom. The van der Waals surface area contributed by atoms with Gasteiger partial charge in [-0.25, -0.2) is 0 Å². The minimum Gasteiger partial charge on any atom is -0.394 e. The lowest BCUT2D eigenvalue weighted by Gasteiger charge is -2.27. The number of amides is 9. The van der Waals surface area contributed by atoms with Gasteiger partial charge in [-0.05, 0) is 122 Å². The maximum Gasteiger partial charge on any atom is 0.245 e. The smallest absolute Gasteiger partial charge is 0.245 e. The third-order valence-electron chi connectivity index (χ3n) is 18.9. The van der Waals surface area contributed by atoms with Crippen LogP contribution >= 0.6 is 11.8 Å². The molecule has 0 unspecified atom stereocenters. The number of unbranched alkanes of at least 4 members (excludes halogenated alkanes) is 37. The van der Waals surface area contributed by atoms with Crippen molar-refractivity contribution in [2.75, 3.05) is 50.8 Å². The number of carbonyl (C=O) groups is 9. The number of carbonyl (C=O) groups excluding carboxylic acids is 9. The summed E-state index contributed by atoms with van der Waals surface area (Å²) in [6, 6.07) is -8.45. The maximum atomic E-state index is 14.5. The molecule has 0 bridgehead atoms. The summed E-state index contributed by atoms with van der Waals surface area (Å²) in [7, 11) is 0. The molecule has 0 aromatic carbocycles. The van der Waals surface area contributed by atoms with E-state index in [1.165, 1.54) is 159 Å². The van der Waals surface area contributed by atoms with E-state index in [2.05, 4.69) is 63.3 Å². The van der Waals surface area contributed by atoms with Gasteiger partial charge in [0.05, 0.1) is 6.61 Å². The number of hydrogen-bond acceptors (Lipinski definition) is 15. The molecule has 590 valence electrons. The normalized spacial score (nSPS) is 13.4. The largest absolute Gasteiger partial charge is 0.394 e. The van der Waals surface area contributed by atoms with Crippen LogP contribution in [0, 0.1) is 0 Å². The van der Waals surface area contributed by atoms with Gasteiger partial charge < -0.3 is 76.3 Å². The van der Waals surface area contributed by atoms with Crippen molar-refractivity contribution in [2.24, 2.45) is 28.7 Å². The van der Waals surface area contributed by atoms with Crippen LogP contribution in [0.25, 0.3) is 0 Å². The highest BCUT2D eigenvalue weighted by atomic mass is 32.2. The maximum absolute atomic E-state index is 14.5. The Morgan fingerprint density at radius 3 is 0.832 bits per heavy atom. The molecule has 0 radical (unpaired) electrons. The monoisotopic (exact) mass is 1450 g/mol. The van der Waals surface area contributed by atoms with Crippen LogP contribution in [0.2, 0.25) is 0 Å². The Labute approximate surface area is 616 Å². The molecule has 0 spiro atoms. The molecule has 101 heavy (non-hydrogen) atoms. The molecule has 0 aromatic rings. The molecule has 0 saturated carbocycles. The molecule has 0 aliphatic heterocycles. The van der Waals surface area contributed by atoms with Crippen LogP contribution in [-0.4, -0.2) is 151 Å². The summed E-state index contributed by atoms with van der Waals surface area (Å²) < 4.78 is 0. The Morgan fingerprint density at radius 2 is 0.535 bits per heavy atom. The molecule has 7 atom stereocenters. The number of thioether (sulfide) groups is 1. The van der Waals surface area contributed by atoms with E-state index in [4.69, 9.17) is 28.7 Å². The zero-order chi connectivity index (χ0) is 74.6. The predicted molar refractivity (Wildman–Crippen MR) is 414 cm³/mol. The summed E-state index contributed by atoms with van der Waals surface area (Å²) in [5.41, 5.74) is 28.8. The molecule has 0 aliphatic carbocycles. The highest BCUT2D eigenvalue weighted by Crippen LogP contribution is 2.18. The van der Waals surface area contributed by atoms with Gasteiger partial charge in [0.2, 0.25) is 53.2 Å². The van der Waals surface area contributed by atoms with Gasteiger partial charge in [-0.15, -0.1) is 0 Å². The molecule has 0 aliphatic rings. The molecule has 0 heterocycles. The lowest BCUT2D eigenvalue weighted by atomic mass is 10.0. The minimum atomic E-state index is -1.61. The Bertz CT molecular complexity index is 2100. The first-order valence-corrected chi connectivity index (χ1v) is 41.9. The van der Waals surface area contributed by atoms with Crippen molar-refractivity contribution in [1.29, 1.82) is 0 Å². The predicted octanol–water partition coefficient (Wildman–Crippen LogP) is 10.1. The molecular formula is C77H151N13O10S. The lowest BCUT2D eigenvalue weighted by molar-refractivity contribution is -0.136. The van der Waals surface area contributed by atoms with E-state index in [0.717, 1.165) is 70.6 Å². The number of nitrogens with two attached hydrogens (primary N) is 5.